The van der Waals surface area contributed by atoms with Crippen LogP contribution in [-0.4, -0.2) is 49.0 Å². The van der Waals surface area contributed by atoms with Gasteiger partial charge in [-0.15, -0.1) is 0 Å². The Labute approximate surface area is 152 Å². The smallest absolute Gasteiger partial charge is 0.273 e. The summed E-state index contributed by atoms with van der Waals surface area (Å²) in [5, 5.41) is 25.4. The van der Waals surface area contributed by atoms with Gasteiger partial charge in [-0.2, -0.15) is 5.26 Å². The van der Waals surface area contributed by atoms with E-state index in [1.165, 1.54) is 31.5 Å². The standard InChI is InChI=1S/C17H23N5O4/c1-4-21(5-2)9-8-19-12-13(11-18)17(23)20-15-7-6-14(22(24)25)10-16(15)26-3/h6-7,10,12,19H,4-5,8-9H2,1-3H3,(H,20,23)/b13-12-. The van der Waals surface area contributed by atoms with Gasteiger partial charge in [-0.05, 0) is 19.2 Å². The number of nitrogens with one attached hydrogen (secondary N) is 2. The van der Waals surface area contributed by atoms with Crippen LogP contribution >= 0.6 is 0 Å². The van der Waals surface area contributed by atoms with E-state index in [-0.39, 0.29) is 22.7 Å². The summed E-state index contributed by atoms with van der Waals surface area (Å²) in [4.78, 5) is 24.7. The molecule has 0 radical (unpaired) electrons. The highest BCUT2D eigenvalue weighted by Gasteiger charge is 2.15. The summed E-state index contributed by atoms with van der Waals surface area (Å²) in [6, 6.07) is 5.64. The first-order valence-electron chi connectivity index (χ1n) is 8.16. The van der Waals surface area contributed by atoms with Crippen molar-refractivity contribution in [2.24, 2.45) is 0 Å². The normalized spacial score (nSPS) is 11.0. The van der Waals surface area contributed by atoms with E-state index in [2.05, 4.69) is 29.4 Å². The van der Waals surface area contributed by atoms with E-state index in [0.29, 0.717) is 6.54 Å². The summed E-state index contributed by atoms with van der Waals surface area (Å²) in [5.74, 6) is -0.491. The average molecular weight is 361 g/mol. The molecule has 26 heavy (non-hydrogen) atoms. The fraction of sp³-hybridized carbons (Fsp3) is 0.412. The zero-order valence-corrected chi connectivity index (χ0v) is 15.1. The molecule has 1 amide bonds. The highest BCUT2D eigenvalue weighted by molar-refractivity contribution is 6.07. The molecule has 0 atom stereocenters. The number of methoxy groups -OCH3 is 1. The van der Waals surface area contributed by atoms with Crippen molar-refractivity contribution in [1.82, 2.24) is 10.2 Å². The van der Waals surface area contributed by atoms with Gasteiger partial charge in [0.15, 0.2) is 0 Å². The molecule has 9 nitrogen and oxygen atoms in total. The van der Waals surface area contributed by atoms with Crippen LogP contribution < -0.4 is 15.4 Å². The number of anilines is 1. The Morgan fingerprint density at radius 3 is 2.65 bits per heavy atom. The summed E-state index contributed by atoms with van der Waals surface area (Å²) in [6.07, 6.45) is 1.36. The number of nitriles is 1. The minimum absolute atomic E-state index is 0.107. The highest BCUT2D eigenvalue weighted by Crippen LogP contribution is 2.29. The van der Waals surface area contributed by atoms with Crippen LogP contribution in [0.4, 0.5) is 11.4 Å². The lowest BCUT2D eigenvalue weighted by Gasteiger charge is -2.17. The summed E-state index contributed by atoms with van der Waals surface area (Å²) in [7, 11) is 1.34. The molecular formula is C17H23N5O4. The van der Waals surface area contributed by atoms with Crippen LogP contribution in [0.5, 0.6) is 5.75 Å². The van der Waals surface area contributed by atoms with Crippen molar-refractivity contribution < 1.29 is 14.5 Å². The molecule has 9 heteroatoms. The van der Waals surface area contributed by atoms with Gasteiger partial charge in [-0.3, -0.25) is 14.9 Å². The lowest BCUT2D eigenvalue weighted by atomic mass is 10.2. The molecule has 140 valence electrons. The van der Waals surface area contributed by atoms with Gasteiger partial charge in [0.05, 0.1) is 23.8 Å². The predicted octanol–water partition coefficient (Wildman–Crippen LogP) is 1.88. The van der Waals surface area contributed by atoms with Crippen molar-refractivity contribution in [2.45, 2.75) is 13.8 Å². The Morgan fingerprint density at radius 1 is 1.42 bits per heavy atom. The van der Waals surface area contributed by atoms with E-state index in [4.69, 9.17) is 10.00 Å². The van der Waals surface area contributed by atoms with Crippen molar-refractivity contribution in [2.75, 3.05) is 38.6 Å². The molecule has 0 saturated heterocycles. The van der Waals surface area contributed by atoms with Crippen LogP contribution in [0.25, 0.3) is 0 Å². The molecule has 2 N–H and O–H groups in total. The number of non-ortho nitro benzene ring substituents is 1. The average Bonchev–Trinajstić information content (AvgIpc) is 2.64. The van der Waals surface area contributed by atoms with E-state index in [9.17, 15) is 14.9 Å². The first-order chi connectivity index (χ1) is 12.5. The second-order valence-electron chi connectivity index (χ2n) is 5.25. The maximum atomic E-state index is 12.2. The number of amides is 1. The summed E-state index contributed by atoms with van der Waals surface area (Å²) >= 11 is 0. The van der Waals surface area contributed by atoms with Gasteiger partial charge in [0.25, 0.3) is 11.6 Å². The van der Waals surface area contributed by atoms with Gasteiger partial charge in [0.1, 0.15) is 17.4 Å². The summed E-state index contributed by atoms with van der Waals surface area (Å²) in [6.45, 7) is 7.36. The first-order valence-corrected chi connectivity index (χ1v) is 8.16. The quantitative estimate of drug-likeness (QED) is 0.215. The number of carbonyl (C=O) groups excluding carboxylic acids is 1. The second kappa shape index (κ2) is 10.7. The maximum Gasteiger partial charge on any atom is 0.273 e. The van der Waals surface area contributed by atoms with E-state index in [1.807, 2.05) is 6.07 Å². The minimum Gasteiger partial charge on any atom is -0.494 e. The third kappa shape index (κ3) is 6.07. The number of benzene rings is 1. The van der Waals surface area contributed by atoms with Gasteiger partial charge in [0.2, 0.25) is 0 Å². The van der Waals surface area contributed by atoms with E-state index >= 15 is 0 Å². The molecule has 0 aliphatic carbocycles. The minimum atomic E-state index is -0.630. The zero-order chi connectivity index (χ0) is 19.5. The Hall–Kier alpha value is -3.12. The second-order valence-corrected chi connectivity index (χ2v) is 5.25. The van der Waals surface area contributed by atoms with Gasteiger partial charge >= 0.3 is 0 Å². The number of hydrogen-bond donors (Lipinski definition) is 2. The monoisotopic (exact) mass is 361 g/mol. The number of nitrogens with zero attached hydrogens (tertiary/aromatic N) is 3. The third-order valence-corrected chi connectivity index (χ3v) is 3.72. The van der Waals surface area contributed by atoms with E-state index < -0.39 is 10.8 Å². The van der Waals surface area contributed by atoms with Crippen LogP contribution in [-0.2, 0) is 4.79 Å². The maximum absolute atomic E-state index is 12.2. The number of likely N-dealkylation sites (N-methyl/N-ethyl adjacent to an activating group) is 1. The summed E-state index contributed by atoms with van der Waals surface area (Å²) in [5.41, 5.74) is -0.0219. The van der Waals surface area contributed by atoms with Crippen LogP contribution in [0.2, 0.25) is 0 Å². The lowest BCUT2D eigenvalue weighted by molar-refractivity contribution is -0.384. The Bertz CT molecular complexity index is 708. The Kier molecular flexibility index (Phi) is 8.60. The van der Waals surface area contributed by atoms with Crippen LogP contribution in [0.1, 0.15) is 13.8 Å². The molecule has 0 bridgehead atoms. The highest BCUT2D eigenvalue weighted by atomic mass is 16.6. The van der Waals surface area contributed by atoms with Crippen LogP contribution in [0.3, 0.4) is 0 Å². The molecule has 1 aromatic carbocycles. The molecule has 0 saturated carbocycles. The molecule has 0 unspecified atom stereocenters. The van der Waals surface area contributed by atoms with Crippen molar-refractivity contribution >= 4 is 17.3 Å². The van der Waals surface area contributed by atoms with Crippen LogP contribution in [0.15, 0.2) is 30.0 Å². The molecule has 0 aliphatic rings. The Balaban J connectivity index is 2.76. The fourth-order valence-corrected chi connectivity index (χ4v) is 2.17. The molecule has 1 aromatic rings. The van der Waals surface area contributed by atoms with Gasteiger partial charge in [0, 0.05) is 25.4 Å². The SMILES string of the molecule is CCN(CC)CCN/C=C(/C#N)C(=O)Nc1ccc([N+](=O)[O-])cc1OC. The van der Waals surface area contributed by atoms with Gasteiger partial charge < -0.3 is 20.3 Å². The van der Waals surface area contributed by atoms with E-state index in [1.54, 1.807) is 0 Å². The molecule has 0 fully saturated rings. The Morgan fingerprint density at radius 2 is 2.12 bits per heavy atom. The van der Waals surface area contributed by atoms with Crippen molar-refractivity contribution in [1.29, 1.82) is 5.26 Å². The first kappa shape index (κ1) is 20.9. The number of hydrogen-bond acceptors (Lipinski definition) is 7. The van der Waals surface area contributed by atoms with Crippen LogP contribution in [0, 0.1) is 21.4 Å². The summed E-state index contributed by atoms with van der Waals surface area (Å²) < 4.78 is 5.06. The van der Waals surface area contributed by atoms with Gasteiger partial charge in [-0.1, -0.05) is 13.8 Å². The van der Waals surface area contributed by atoms with Gasteiger partial charge in [-0.25, -0.2) is 0 Å². The van der Waals surface area contributed by atoms with E-state index in [0.717, 1.165) is 19.6 Å². The number of rotatable bonds is 10. The molecule has 0 spiro atoms. The predicted molar refractivity (Wildman–Crippen MR) is 97.8 cm³/mol. The number of ether oxygens (including phenoxy) is 1. The van der Waals surface area contributed by atoms with Crippen molar-refractivity contribution in [3.05, 3.63) is 40.1 Å². The van der Waals surface area contributed by atoms with Crippen molar-refractivity contribution in [3.8, 4) is 11.8 Å². The fourth-order valence-electron chi connectivity index (χ4n) is 2.17. The number of carbonyl (C=O) groups is 1. The number of nitro benzene ring substituents is 1. The molecular weight excluding hydrogens is 338 g/mol. The zero-order valence-electron chi connectivity index (χ0n) is 15.1. The molecule has 1 rings (SSSR count). The number of nitro groups is 1. The molecule has 0 aliphatic heterocycles. The molecule has 0 heterocycles. The molecule has 0 aromatic heterocycles. The third-order valence-electron chi connectivity index (χ3n) is 3.72. The van der Waals surface area contributed by atoms with Crippen molar-refractivity contribution in [3.63, 3.8) is 0 Å². The largest absolute Gasteiger partial charge is 0.494 e. The topological polar surface area (TPSA) is 121 Å². The lowest BCUT2D eigenvalue weighted by Crippen LogP contribution is -2.30.